The molecule has 2 heterocycles. The van der Waals surface area contributed by atoms with Gasteiger partial charge in [-0.25, -0.2) is 4.79 Å². The van der Waals surface area contributed by atoms with E-state index in [1.54, 1.807) is 0 Å². The summed E-state index contributed by atoms with van der Waals surface area (Å²) in [5.41, 5.74) is 2.16. The van der Waals surface area contributed by atoms with Crippen molar-refractivity contribution in [3.63, 3.8) is 0 Å². The zero-order valence-electron chi connectivity index (χ0n) is 10.4. The largest absolute Gasteiger partial charge is 0.417 e. The molecule has 2 aromatic rings. The first-order chi connectivity index (χ1) is 9.21. The average Bonchev–Trinajstić information content (AvgIpc) is 2.72. The maximum Gasteiger partial charge on any atom is 0.417 e. The van der Waals surface area contributed by atoms with Crippen molar-refractivity contribution >= 4 is 11.1 Å². The molecule has 6 heteroatoms. The van der Waals surface area contributed by atoms with E-state index in [0.29, 0.717) is 37.4 Å². The van der Waals surface area contributed by atoms with Crippen LogP contribution in [0.5, 0.6) is 0 Å². The van der Waals surface area contributed by atoms with Gasteiger partial charge in [0.05, 0.1) is 30.8 Å². The average molecular weight is 264 g/mol. The molecule has 102 valence electrons. The summed E-state index contributed by atoms with van der Waals surface area (Å²) in [6.07, 6.45) is 0. The minimum Gasteiger partial charge on any atom is -0.408 e. The lowest BCUT2D eigenvalue weighted by molar-refractivity contribution is -0.134. The van der Waals surface area contributed by atoms with E-state index >= 15 is 0 Å². The second-order valence-corrected chi connectivity index (χ2v) is 5.10. The zero-order valence-corrected chi connectivity index (χ0v) is 10.4. The van der Waals surface area contributed by atoms with Gasteiger partial charge in [0.2, 0.25) is 0 Å². The molecule has 6 nitrogen and oxygen atoms in total. The van der Waals surface area contributed by atoms with Crippen molar-refractivity contribution in [1.82, 2.24) is 10.3 Å². The van der Waals surface area contributed by atoms with Crippen LogP contribution in [-0.4, -0.2) is 36.5 Å². The normalized spacial score (nSPS) is 17.5. The molecular formula is C13H16N2O4. The molecule has 0 saturated carbocycles. The Morgan fingerprint density at radius 3 is 2.95 bits per heavy atom. The van der Waals surface area contributed by atoms with Crippen LogP contribution in [0.2, 0.25) is 0 Å². The van der Waals surface area contributed by atoms with Gasteiger partial charge in [0.1, 0.15) is 0 Å². The number of hydrogen-bond donors (Lipinski definition) is 3. The predicted octanol–water partition coefficient (Wildman–Crippen LogP) is 0.220. The number of H-pyrrole nitrogens is 1. The predicted molar refractivity (Wildman–Crippen MR) is 68.9 cm³/mol. The SMILES string of the molecule is O=c1[nH]c2ccc(CNCC3(CO)COC3)cc2o1. The number of aliphatic hydroxyl groups is 1. The van der Waals surface area contributed by atoms with E-state index in [4.69, 9.17) is 9.15 Å². The first kappa shape index (κ1) is 12.4. The van der Waals surface area contributed by atoms with E-state index in [1.165, 1.54) is 0 Å². The van der Waals surface area contributed by atoms with Gasteiger partial charge in [0, 0.05) is 13.1 Å². The number of aromatic nitrogens is 1. The number of aromatic amines is 1. The Morgan fingerprint density at radius 2 is 2.26 bits per heavy atom. The fraction of sp³-hybridized carbons (Fsp3) is 0.462. The van der Waals surface area contributed by atoms with E-state index in [1.807, 2.05) is 18.2 Å². The molecule has 0 spiro atoms. The number of rotatable bonds is 5. The highest BCUT2D eigenvalue weighted by atomic mass is 16.5. The third-order valence-corrected chi connectivity index (χ3v) is 3.47. The Balaban J connectivity index is 1.63. The van der Waals surface area contributed by atoms with Gasteiger partial charge in [-0.3, -0.25) is 4.98 Å². The van der Waals surface area contributed by atoms with Crippen LogP contribution in [0.15, 0.2) is 27.4 Å². The number of hydrogen-bond acceptors (Lipinski definition) is 5. The Bertz CT molecular complexity index is 621. The molecule has 3 rings (SSSR count). The molecule has 19 heavy (non-hydrogen) atoms. The quantitative estimate of drug-likeness (QED) is 0.719. The van der Waals surface area contributed by atoms with Crippen molar-refractivity contribution in [3.05, 3.63) is 34.3 Å². The molecule has 0 unspecified atom stereocenters. The first-order valence-electron chi connectivity index (χ1n) is 6.22. The number of aliphatic hydroxyl groups excluding tert-OH is 1. The van der Waals surface area contributed by atoms with Crippen molar-refractivity contribution in [1.29, 1.82) is 0 Å². The molecule has 0 atom stereocenters. The van der Waals surface area contributed by atoms with E-state index in [-0.39, 0.29) is 12.0 Å². The lowest BCUT2D eigenvalue weighted by Gasteiger charge is -2.40. The van der Waals surface area contributed by atoms with Crippen LogP contribution in [0.1, 0.15) is 5.56 Å². The van der Waals surface area contributed by atoms with Crippen LogP contribution in [-0.2, 0) is 11.3 Å². The summed E-state index contributed by atoms with van der Waals surface area (Å²) in [6, 6.07) is 5.60. The summed E-state index contributed by atoms with van der Waals surface area (Å²) in [4.78, 5) is 13.7. The molecule has 1 fully saturated rings. The third kappa shape index (κ3) is 2.42. The van der Waals surface area contributed by atoms with Crippen LogP contribution < -0.4 is 11.1 Å². The van der Waals surface area contributed by atoms with Crippen molar-refractivity contribution in [3.8, 4) is 0 Å². The van der Waals surface area contributed by atoms with Gasteiger partial charge < -0.3 is 19.6 Å². The minimum atomic E-state index is -0.439. The van der Waals surface area contributed by atoms with Gasteiger partial charge in [-0.2, -0.15) is 0 Å². The van der Waals surface area contributed by atoms with Crippen molar-refractivity contribution in [2.45, 2.75) is 6.54 Å². The van der Waals surface area contributed by atoms with E-state index in [0.717, 1.165) is 5.56 Å². The van der Waals surface area contributed by atoms with Gasteiger partial charge in [0.25, 0.3) is 0 Å². The van der Waals surface area contributed by atoms with Gasteiger partial charge in [-0.05, 0) is 17.7 Å². The van der Waals surface area contributed by atoms with Crippen LogP contribution in [0.4, 0.5) is 0 Å². The van der Waals surface area contributed by atoms with Crippen LogP contribution >= 0.6 is 0 Å². The summed E-state index contributed by atoms with van der Waals surface area (Å²) in [7, 11) is 0. The molecule has 1 aliphatic heterocycles. The lowest BCUT2D eigenvalue weighted by Crippen LogP contribution is -2.52. The topological polar surface area (TPSA) is 87.5 Å². The molecule has 1 aliphatic rings. The van der Waals surface area contributed by atoms with Crippen LogP contribution in [0.25, 0.3) is 11.1 Å². The monoisotopic (exact) mass is 264 g/mol. The van der Waals surface area contributed by atoms with Crippen molar-refractivity contribution in [2.75, 3.05) is 26.4 Å². The second kappa shape index (κ2) is 4.80. The molecular weight excluding hydrogens is 248 g/mol. The highest BCUT2D eigenvalue weighted by Crippen LogP contribution is 2.25. The molecule has 0 amide bonds. The summed E-state index contributed by atoms with van der Waals surface area (Å²) in [5.74, 6) is -0.439. The Kier molecular flexibility index (Phi) is 3.14. The molecule has 0 aliphatic carbocycles. The number of fused-ring (bicyclic) bond motifs is 1. The minimum absolute atomic E-state index is 0.131. The fourth-order valence-electron chi connectivity index (χ4n) is 2.21. The highest BCUT2D eigenvalue weighted by Gasteiger charge is 2.37. The fourth-order valence-corrected chi connectivity index (χ4v) is 2.21. The van der Waals surface area contributed by atoms with Crippen molar-refractivity contribution in [2.24, 2.45) is 5.41 Å². The highest BCUT2D eigenvalue weighted by molar-refractivity contribution is 5.72. The summed E-state index contributed by atoms with van der Waals surface area (Å²) >= 11 is 0. The van der Waals surface area contributed by atoms with Gasteiger partial charge in [-0.15, -0.1) is 0 Å². The number of ether oxygens (including phenoxy) is 1. The zero-order chi connectivity index (χ0) is 13.3. The summed E-state index contributed by atoms with van der Waals surface area (Å²) < 4.78 is 10.1. The lowest BCUT2D eigenvalue weighted by atomic mass is 9.87. The van der Waals surface area contributed by atoms with Crippen molar-refractivity contribution < 1.29 is 14.3 Å². The molecule has 1 aromatic heterocycles. The first-order valence-corrected chi connectivity index (χ1v) is 6.22. The van der Waals surface area contributed by atoms with Gasteiger partial charge in [-0.1, -0.05) is 6.07 Å². The molecule has 3 N–H and O–H groups in total. The second-order valence-electron chi connectivity index (χ2n) is 5.10. The number of nitrogens with one attached hydrogen (secondary N) is 2. The Hall–Kier alpha value is -1.63. The standard InChI is InChI=1S/C13H16N2O4/c16-6-13(7-18-8-13)5-14-4-9-1-2-10-11(3-9)19-12(17)15-10/h1-3,14,16H,4-8H2,(H,15,17). The van der Waals surface area contributed by atoms with E-state index in [2.05, 4.69) is 10.3 Å². The number of oxazole rings is 1. The Morgan fingerprint density at radius 1 is 1.42 bits per heavy atom. The van der Waals surface area contributed by atoms with Gasteiger partial charge in [0.15, 0.2) is 5.58 Å². The maximum absolute atomic E-state index is 11.1. The molecule has 0 radical (unpaired) electrons. The summed E-state index contributed by atoms with van der Waals surface area (Å²) in [5, 5.41) is 12.6. The van der Waals surface area contributed by atoms with E-state index in [9.17, 15) is 9.90 Å². The maximum atomic E-state index is 11.1. The number of benzene rings is 1. The molecule has 1 aromatic carbocycles. The molecule has 0 bridgehead atoms. The molecule has 1 saturated heterocycles. The smallest absolute Gasteiger partial charge is 0.408 e. The van der Waals surface area contributed by atoms with Gasteiger partial charge >= 0.3 is 5.76 Å². The van der Waals surface area contributed by atoms with Crippen LogP contribution in [0.3, 0.4) is 0 Å². The van der Waals surface area contributed by atoms with Crippen LogP contribution in [0, 0.1) is 5.41 Å². The van der Waals surface area contributed by atoms with E-state index < -0.39 is 5.76 Å². The third-order valence-electron chi connectivity index (χ3n) is 3.47. The Labute approximate surface area is 109 Å². The summed E-state index contributed by atoms with van der Waals surface area (Å²) in [6.45, 7) is 2.70.